The number of benzene rings is 2. The van der Waals surface area contributed by atoms with E-state index in [-0.39, 0.29) is 11.7 Å². The van der Waals surface area contributed by atoms with E-state index in [1.54, 1.807) is 36.4 Å². The number of nitrogens with zero attached hydrogens (tertiary/aromatic N) is 3. The summed E-state index contributed by atoms with van der Waals surface area (Å²) in [5, 5.41) is 12.2. The highest BCUT2D eigenvalue weighted by molar-refractivity contribution is 7.99. The number of thioether (sulfide) groups is 1. The third kappa shape index (κ3) is 4.65. The number of ether oxygens (including phenoxy) is 1. The summed E-state index contributed by atoms with van der Waals surface area (Å²) in [5.74, 6) is 6.91. The molecule has 7 nitrogen and oxygen atoms in total. The van der Waals surface area contributed by atoms with Crippen molar-refractivity contribution in [2.45, 2.75) is 5.16 Å². The molecule has 27 heavy (non-hydrogen) atoms. The van der Waals surface area contributed by atoms with Gasteiger partial charge in [0.25, 0.3) is 0 Å². The molecule has 1 amide bonds. The molecular weight excluding hydrogens is 409 g/mol. The Bertz CT molecular complexity index is 980. The Balaban J connectivity index is 1.63. The zero-order valence-electron chi connectivity index (χ0n) is 14.1. The number of hydrogen-bond acceptors (Lipinski definition) is 6. The predicted molar refractivity (Wildman–Crippen MR) is 108 cm³/mol. The van der Waals surface area contributed by atoms with Gasteiger partial charge in [-0.3, -0.25) is 4.79 Å². The van der Waals surface area contributed by atoms with Gasteiger partial charge in [-0.15, -0.1) is 10.2 Å². The fourth-order valence-electron chi connectivity index (χ4n) is 2.27. The lowest BCUT2D eigenvalue weighted by atomic mass is 10.2. The average Bonchev–Trinajstić information content (AvgIpc) is 3.01. The van der Waals surface area contributed by atoms with E-state index in [2.05, 4.69) is 15.5 Å². The largest absolute Gasteiger partial charge is 0.495 e. The molecule has 0 atom stereocenters. The Morgan fingerprint density at radius 3 is 2.78 bits per heavy atom. The average molecular weight is 424 g/mol. The van der Waals surface area contributed by atoms with Crippen molar-refractivity contribution in [2.24, 2.45) is 0 Å². The lowest BCUT2D eigenvalue weighted by Gasteiger charge is -2.08. The van der Waals surface area contributed by atoms with Crippen LogP contribution in [0, 0.1) is 0 Å². The van der Waals surface area contributed by atoms with Crippen molar-refractivity contribution in [3.05, 3.63) is 52.5 Å². The van der Waals surface area contributed by atoms with Crippen LogP contribution in [0.4, 0.5) is 5.69 Å². The highest BCUT2D eigenvalue weighted by atomic mass is 35.5. The summed E-state index contributed by atoms with van der Waals surface area (Å²) in [6, 6.07) is 12.1. The maximum Gasteiger partial charge on any atom is 0.234 e. The quantitative estimate of drug-likeness (QED) is 0.463. The van der Waals surface area contributed by atoms with Crippen LogP contribution in [0.2, 0.25) is 10.0 Å². The van der Waals surface area contributed by atoms with E-state index < -0.39 is 0 Å². The lowest BCUT2D eigenvalue weighted by Crippen LogP contribution is -2.16. The van der Waals surface area contributed by atoms with Crippen molar-refractivity contribution >= 4 is 46.6 Å². The topological polar surface area (TPSA) is 95.1 Å². The Hall–Kier alpha value is -2.42. The second kappa shape index (κ2) is 8.51. The SMILES string of the molecule is COc1ccc(NC(=O)CSc2nnc(-c3cccc(Cl)c3)n2N)cc1Cl. The number of halogens is 2. The monoisotopic (exact) mass is 423 g/mol. The van der Waals surface area contributed by atoms with Crippen molar-refractivity contribution < 1.29 is 9.53 Å². The van der Waals surface area contributed by atoms with Crippen LogP contribution < -0.4 is 15.9 Å². The van der Waals surface area contributed by atoms with Gasteiger partial charge in [-0.2, -0.15) is 0 Å². The van der Waals surface area contributed by atoms with Gasteiger partial charge >= 0.3 is 0 Å². The third-order valence-corrected chi connectivity index (χ3v) is 4.99. The van der Waals surface area contributed by atoms with E-state index >= 15 is 0 Å². The van der Waals surface area contributed by atoms with Crippen molar-refractivity contribution in [3.63, 3.8) is 0 Å². The number of hydrogen-bond donors (Lipinski definition) is 2. The molecule has 3 rings (SSSR count). The number of carbonyl (C=O) groups is 1. The standard InChI is InChI=1S/C17H15Cl2N5O2S/c1-26-14-6-5-12(8-13(14)19)21-15(25)9-27-17-23-22-16(24(17)20)10-3-2-4-11(18)7-10/h2-8H,9,20H2,1H3,(H,21,25). The van der Waals surface area contributed by atoms with Crippen molar-refractivity contribution in [1.29, 1.82) is 0 Å². The third-order valence-electron chi connectivity index (χ3n) is 3.52. The van der Waals surface area contributed by atoms with Crippen LogP contribution >= 0.6 is 35.0 Å². The number of nitrogens with two attached hydrogens (primary N) is 1. The van der Waals surface area contributed by atoms with E-state index in [9.17, 15) is 4.79 Å². The zero-order valence-corrected chi connectivity index (χ0v) is 16.5. The molecule has 2 aromatic carbocycles. The normalized spacial score (nSPS) is 10.6. The summed E-state index contributed by atoms with van der Waals surface area (Å²) >= 11 is 13.2. The molecule has 140 valence electrons. The van der Waals surface area contributed by atoms with Crippen LogP contribution in [0.5, 0.6) is 5.75 Å². The van der Waals surface area contributed by atoms with Gasteiger partial charge < -0.3 is 15.9 Å². The first-order valence-corrected chi connectivity index (χ1v) is 9.44. The van der Waals surface area contributed by atoms with Gasteiger partial charge in [0.1, 0.15) is 5.75 Å². The first kappa shape index (κ1) is 19.3. The van der Waals surface area contributed by atoms with E-state index in [0.29, 0.717) is 32.5 Å². The highest BCUT2D eigenvalue weighted by Gasteiger charge is 2.14. The molecule has 0 spiro atoms. The van der Waals surface area contributed by atoms with Crippen molar-refractivity contribution in [3.8, 4) is 17.1 Å². The molecule has 1 aromatic heterocycles. The minimum atomic E-state index is -0.228. The smallest absolute Gasteiger partial charge is 0.234 e. The van der Waals surface area contributed by atoms with Crippen LogP contribution in [-0.2, 0) is 4.79 Å². The molecule has 0 saturated heterocycles. The maximum atomic E-state index is 12.2. The second-order valence-electron chi connectivity index (χ2n) is 5.37. The van der Waals surface area contributed by atoms with Crippen molar-refractivity contribution in [1.82, 2.24) is 14.9 Å². The summed E-state index contributed by atoms with van der Waals surface area (Å²) in [5.41, 5.74) is 1.31. The number of methoxy groups -OCH3 is 1. The lowest BCUT2D eigenvalue weighted by molar-refractivity contribution is -0.113. The predicted octanol–water partition coefficient (Wildman–Crippen LogP) is 3.71. The van der Waals surface area contributed by atoms with Crippen LogP contribution in [-0.4, -0.2) is 33.6 Å². The molecule has 0 aliphatic carbocycles. The Morgan fingerprint density at radius 1 is 1.26 bits per heavy atom. The van der Waals surface area contributed by atoms with Gasteiger partial charge in [0.05, 0.1) is 17.9 Å². The van der Waals surface area contributed by atoms with E-state index in [1.165, 1.54) is 23.5 Å². The maximum absolute atomic E-state index is 12.2. The molecular formula is C17H15Cl2N5O2S. The summed E-state index contributed by atoms with van der Waals surface area (Å²) in [6.45, 7) is 0. The molecule has 3 N–H and O–H groups in total. The molecule has 0 unspecified atom stereocenters. The van der Waals surface area contributed by atoms with E-state index in [1.807, 2.05) is 6.07 Å². The molecule has 10 heteroatoms. The molecule has 1 heterocycles. The highest BCUT2D eigenvalue weighted by Crippen LogP contribution is 2.28. The Kier molecular flexibility index (Phi) is 6.10. The van der Waals surface area contributed by atoms with Crippen molar-refractivity contribution in [2.75, 3.05) is 24.0 Å². The van der Waals surface area contributed by atoms with E-state index in [0.717, 1.165) is 5.56 Å². The summed E-state index contributed by atoms with van der Waals surface area (Å²) < 4.78 is 6.41. The molecule has 0 aliphatic rings. The van der Waals surface area contributed by atoms with Crippen LogP contribution in [0.25, 0.3) is 11.4 Å². The minimum absolute atomic E-state index is 0.106. The minimum Gasteiger partial charge on any atom is -0.495 e. The molecule has 0 saturated carbocycles. The van der Waals surface area contributed by atoms with Crippen LogP contribution in [0.15, 0.2) is 47.6 Å². The number of carbonyl (C=O) groups excluding carboxylic acids is 1. The van der Waals surface area contributed by atoms with Gasteiger partial charge in [0, 0.05) is 16.3 Å². The van der Waals surface area contributed by atoms with Gasteiger partial charge in [-0.05, 0) is 30.3 Å². The molecule has 0 bridgehead atoms. The molecule has 0 fully saturated rings. The number of anilines is 1. The first-order valence-electron chi connectivity index (χ1n) is 7.70. The number of aromatic nitrogens is 3. The first-order chi connectivity index (χ1) is 13.0. The zero-order chi connectivity index (χ0) is 19.4. The fraction of sp³-hybridized carbons (Fsp3) is 0.118. The summed E-state index contributed by atoms with van der Waals surface area (Å²) in [4.78, 5) is 12.2. The summed E-state index contributed by atoms with van der Waals surface area (Å²) in [7, 11) is 1.52. The van der Waals surface area contributed by atoms with Crippen LogP contribution in [0.3, 0.4) is 0 Å². The van der Waals surface area contributed by atoms with E-state index in [4.69, 9.17) is 33.8 Å². The fourth-order valence-corrected chi connectivity index (χ4v) is 3.38. The number of nitrogen functional groups attached to an aromatic ring is 1. The Morgan fingerprint density at radius 2 is 2.07 bits per heavy atom. The number of rotatable bonds is 6. The van der Waals surface area contributed by atoms with Gasteiger partial charge in [-0.1, -0.05) is 47.1 Å². The van der Waals surface area contributed by atoms with Gasteiger partial charge in [0.2, 0.25) is 11.1 Å². The Labute approximate surface area is 169 Å². The number of nitrogens with one attached hydrogen (secondary N) is 1. The van der Waals surface area contributed by atoms with Gasteiger partial charge in [0.15, 0.2) is 5.82 Å². The number of amides is 1. The van der Waals surface area contributed by atoms with Gasteiger partial charge in [-0.25, -0.2) is 4.68 Å². The summed E-state index contributed by atoms with van der Waals surface area (Å²) in [6.07, 6.45) is 0. The molecule has 3 aromatic rings. The second-order valence-corrected chi connectivity index (χ2v) is 7.16. The molecule has 0 aliphatic heterocycles. The van der Waals surface area contributed by atoms with Crippen LogP contribution in [0.1, 0.15) is 0 Å². The molecule has 0 radical (unpaired) electrons.